The number of carbonyl (C=O) groups is 1. The maximum atomic E-state index is 12.9. The lowest BCUT2D eigenvalue weighted by Gasteiger charge is -2.05. The zero-order valence-corrected chi connectivity index (χ0v) is 10.7. The number of hydrogen-bond donors (Lipinski definition) is 0. The summed E-state index contributed by atoms with van der Waals surface area (Å²) in [6.07, 6.45) is 1.58. The molecule has 0 saturated heterocycles. The molecule has 0 aliphatic rings. The second-order valence-electron chi connectivity index (χ2n) is 3.96. The van der Waals surface area contributed by atoms with Gasteiger partial charge in [0.15, 0.2) is 0 Å². The molecule has 0 unspecified atom stereocenters. The van der Waals surface area contributed by atoms with Crippen LogP contribution in [0.15, 0.2) is 42.6 Å². The molecule has 0 aliphatic heterocycles. The molecule has 0 N–H and O–H groups in total. The second kappa shape index (κ2) is 6.29. The van der Waals surface area contributed by atoms with Gasteiger partial charge in [0.05, 0.1) is 6.42 Å². The van der Waals surface area contributed by atoms with Crippen LogP contribution in [0, 0.1) is 5.82 Å². The van der Waals surface area contributed by atoms with Crippen LogP contribution in [0.25, 0.3) is 0 Å². The van der Waals surface area contributed by atoms with E-state index >= 15 is 0 Å². The van der Waals surface area contributed by atoms with Crippen molar-refractivity contribution in [2.75, 3.05) is 0 Å². The van der Waals surface area contributed by atoms with Gasteiger partial charge in [-0.1, -0.05) is 29.8 Å². The number of halogens is 2. The smallest absolute Gasteiger partial charge is 0.310 e. The summed E-state index contributed by atoms with van der Waals surface area (Å²) in [4.78, 5) is 15.5. The highest BCUT2D eigenvalue weighted by atomic mass is 35.5. The summed E-state index contributed by atoms with van der Waals surface area (Å²) >= 11 is 5.64. The van der Waals surface area contributed by atoms with Crippen molar-refractivity contribution in [3.63, 3.8) is 0 Å². The van der Waals surface area contributed by atoms with E-state index in [4.69, 9.17) is 16.3 Å². The van der Waals surface area contributed by atoms with Gasteiger partial charge in [-0.25, -0.2) is 9.37 Å². The van der Waals surface area contributed by atoms with Crippen molar-refractivity contribution in [2.24, 2.45) is 0 Å². The third kappa shape index (κ3) is 4.34. The Morgan fingerprint density at radius 2 is 2.11 bits per heavy atom. The maximum absolute atomic E-state index is 12.9. The first-order valence-corrected chi connectivity index (χ1v) is 6.02. The molecular formula is C14H11ClFNO2. The van der Waals surface area contributed by atoms with Crippen LogP contribution in [0.1, 0.15) is 11.1 Å². The van der Waals surface area contributed by atoms with Crippen LogP contribution in [-0.4, -0.2) is 11.0 Å². The first kappa shape index (κ1) is 13.5. The van der Waals surface area contributed by atoms with E-state index in [0.29, 0.717) is 10.7 Å². The predicted molar refractivity (Wildman–Crippen MR) is 69.1 cm³/mol. The number of pyridine rings is 1. The molecule has 0 radical (unpaired) electrons. The molecule has 98 valence electrons. The van der Waals surface area contributed by atoms with Crippen LogP contribution in [0.3, 0.4) is 0 Å². The number of rotatable bonds is 4. The van der Waals surface area contributed by atoms with Gasteiger partial charge >= 0.3 is 5.97 Å². The van der Waals surface area contributed by atoms with Gasteiger partial charge in [0, 0.05) is 11.8 Å². The first-order valence-electron chi connectivity index (χ1n) is 5.64. The molecule has 19 heavy (non-hydrogen) atoms. The lowest BCUT2D eigenvalue weighted by Crippen LogP contribution is -2.08. The zero-order valence-electron chi connectivity index (χ0n) is 9.98. The Bertz CT molecular complexity index is 572. The summed E-state index contributed by atoms with van der Waals surface area (Å²) in [6, 6.07) is 9.22. The van der Waals surface area contributed by atoms with Crippen LogP contribution in [0.5, 0.6) is 0 Å². The van der Waals surface area contributed by atoms with E-state index < -0.39 is 5.97 Å². The minimum absolute atomic E-state index is 0.0405. The van der Waals surface area contributed by atoms with Crippen LogP contribution in [-0.2, 0) is 22.6 Å². The number of benzene rings is 1. The molecule has 3 nitrogen and oxygen atoms in total. The maximum Gasteiger partial charge on any atom is 0.310 e. The molecule has 1 aromatic heterocycles. The van der Waals surface area contributed by atoms with Crippen molar-refractivity contribution in [2.45, 2.75) is 13.0 Å². The molecule has 1 heterocycles. The highest BCUT2D eigenvalue weighted by Crippen LogP contribution is 2.08. The van der Waals surface area contributed by atoms with Gasteiger partial charge in [0.2, 0.25) is 0 Å². The molecule has 0 fully saturated rings. The average molecular weight is 280 g/mol. The molecule has 0 saturated carbocycles. The van der Waals surface area contributed by atoms with E-state index in [1.807, 2.05) is 0 Å². The number of aromatic nitrogens is 1. The Labute approximate surface area is 115 Å². The van der Waals surface area contributed by atoms with Crippen molar-refractivity contribution < 1.29 is 13.9 Å². The fourth-order valence-corrected chi connectivity index (χ4v) is 1.63. The van der Waals surface area contributed by atoms with E-state index in [1.54, 1.807) is 24.3 Å². The quantitative estimate of drug-likeness (QED) is 0.637. The molecule has 0 amide bonds. The summed E-state index contributed by atoms with van der Waals surface area (Å²) in [5, 5.41) is 0.384. The number of nitrogens with zero attached hydrogens (tertiary/aromatic N) is 1. The number of hydrogen-bond acceptors (Lipinski definition) is 3. The van der Waals surface area contributed by atoms with Crippen LogP contribution >= 0.6 is 11.6 Å². The van der Waals surface area contributed by atoms with Gasteiger partial charge in [-0.2, -0.15) is 0 Å². The van der Waals surface area contributed by atoms with E-state index in [-0.39, 0.29) is 18.8 Å². The Kier molecular flexibility index (Phi) is 4.47. The van der Waals surface area contributed by atoms with Crippen molar-refractivity contribution in [1.29, 1.82) is 0 Å². The highest BCUT2D eigenvalue weighted by Gasteiger charge is 2.06. The fourth-order valence-electron chi connectivity index (χ4n) is 1.52. The standard InChI is InChI=1S/C14H11ClFNO2/c15-13-5-4-11(8-17-13)9-19-14(18)7-10-2-1-3-12(16)6-10/h1-6,8H,7,9H2. The number of esters is 1. The molecule has 0 aliphatic carbocycles. The molecule has 1 aromatic carbocycles. The van der Waals surface area contributed by atoms with Gasteiger partial charge in [-0.15, -0.1) is 0 Å². The second-order valence-corrected chi connectivity index (χ2v) is 4.34. The largest absolute Gasteiger partial charge is 0.460 e. The minimum Gasteiger partial charge on any atom is -0.460 e. The van der Waals surface area contributed by atoms with E-state index in [0.717, 1.165) is 5.56 Å². The molecule has 0 atom stereocenters. The summed E-state index contributed by atoms with van der Waals surface area (Å²) in [5.41, 5.74) is 1.33. The summed E-state index contributed by atoms with van der Waals surface area (Å²) < 4.78 is 18.0. The lowest BCUT2D eigenvalue weighted by atomic mass is 10.1. The minimum atomic E-state index is -0.416. The van der Waals surface area contributed by atoms with Crippen molar-refractivity contribution in [3.05, 3.63) is 64.7 Å². The van der Waals surface area contributed by atoms with Crippen LogP contribution in [0.2, 0.25) is 5.15 Å². The topological polar surface area (TPSA) is 39.2 Å². The molecule has 0 spiro atoms. The SMILES string of the molecule is O=C(Cc1cccc(F)c1)OCc1ccc(Cl)nc1. The monoisotopic (exact) mass is 279 g/mol. The average Bonchev–Trinajstić information content (AvgIpc) is 2.38. The molecule has 2 aromatic rings. The third-order valence-corrected chi connectivity index (χ3v) is 2.65. The summed E-state index contributed by atoms with van der Waals surface area (Å²) in [6.45, 7) is 0.123. The number of carbonyl (C=O) groups excluding carboxylic acids is 1. The number of ether oxygens (including phenoxy) is 1. The van der Waals surface area contributed by atoms with E-state index in [9.17, 15) is 9.18 Å². The normalized spacial score (nSPS) is 10.2. The molecule has 2 rings (SSSR count). The van der Waals surface area contributed by atoms with Gasteiger partial charge in [0.1, 0.15) is 17.6 Å². The molecular weight excluding hydrogens is 269 g/mol. The van der Waals surface area contributed by atoms with Crippen molar-refractivity contribution in [3.8, 4) is 0 Å². The lowest BCUT2D eigenvalue weighted by molar-refractivity contribution is -0.144. The Morgan fingerprint density at radius 1 is 1.26 bits per heavy atom. The third-order valence-electron chi connectivity index (χ3n) is 2.43. The predicted octanol–water partition coefficient (Wildman–Crippen LogP) is 3.16. The van der Waals surface area contributed by atoms with Crippen LogP contribution < -0.4 is 0 Å². The van der Waals surface area contributed by atoms with Crippen LogP contribution in [0.4, 0.5) is 4.39 Å². The van der Waals surface area contributed by atoms with Crippen molar-refractivity contribution >= 4 is 17.6 Å². The Balaban J connectivity index is 1.86. The van der Waals surface area contributed by atoms with E-state index in [1.165, 1.54) is 18.3 Å². The zero-order chi connectivity index (χ0) is 13.7. The van der Waals surface area contributed by atoms with Crippen molar-refractivity contribution in [1.82, 2.24) is 4.98 Å². The van der Waals surface area contributed by atoms with Gasteiger partial charge in [-0.3, -0.25) is 4.79 Å². The Hall–Kier alpha value is -1.94. The van der Waals surface area contributed by atoms with E-state index in [2.05, 4.69) is 4.98 Å². The fraction of sp³-hybridized carbons (Fsp3) is 0.143. The first-order chi connectivity index (χ1) is 9.13. The Morgan fingerprint density at radius 3 is 2.79 bits per heavy atom. The summed E-state index contributed by atoms with van der Waals surface area (Å²) in [5.74, 6) is -0.784. The molecule has 5 heteroatoms. The van der Waals surface area contributed by atoms with Gasteiger partial charge in [-0.05, 0) is 23.8 Å². The highest BCUT2D eigenvalue weighted by molar-refractivity contribution is 6.29. The van der Waals surface area contributed by atoms with Gasteiger partial charge < -0.3 is 4.74 Å². The van der Waals surface area contributed by atoms with Gasteiger partial charge in [0.25, 0.3) is 0 Å². The summed E-state index contributed by atoms with van der Waals surface area (Å²) in [7, 11) is 0. The molecule has 0 bridgehead atoms.